The molecule has 6 heteroatoms. The number of aliphatic hydroxyl groups is 1. The number of fused-ring (bicyclic) bond motifs is 1. The number of rotatable bonds is 3. The van der Waals surface area contributed by atoms with Gasteiger partial charge in [0.1, 0.15) is 5.69 Å². The molecule has 144 valence electrons. The van der Waals surface area contributed by atoms with E-state index in [0.29, 0.717) is 23.6 Å². The number of aryl methyl sites for hydroxylation is 1. The van der Waals surface area contributed by atoms with E-state index in [4.69, 9.17) is 0 Å². The van der Waals surface area contributed by atoms with Crippen LogP contribution in [0.15, 0.2) is 42.6 Å². The van der Waals surface area contributed by atoms with Gasteiger partial charge in [0.15, 0.2) is 0 Å². The number of likely N-dealkylation sites (tertiary alicyclic amines) is 2. The molecule has 1 amide bonds. The van der Waals surface area contributed by atoms with Crippen LogP contribution in [0.5, 0.6) is 0 Å². The van der Waals surface area contributed by atoms with E-state index in [-0.39, 0.29) is 24.9 Å². The van der Waals surface area contributed by atoms with Crippen molar-refractivity contribution < 1.29 is 9.90 Å². The van der Waals surface area contributed by atoms with Crippen LogP contribution in [0.3, 0.4) is 0 Å². The zero-order valence-corrected chi connectivity index (χ0v) is 16.5. The van der Waals surface area contributed by atoms with Crippen molar-refractivity contribution in [1.29, 1.82) is 0 Å². The van der Waals surface area contributed by atoms with Gasteiger partial charge < -0.3 is 10.0 Å². The van der Waals surface area contributed by atoms with Gasteiger partial charge in [-0.05, 0) is 48.7 Å². The molecule has 2 fully saturated rings. The highest BCUT2D eigenvalue weighted by atomic mass is 35.5. The van der Waals surface area contributed by atoms with Crippen LogP contribution in [0.1, 0.15) is 33.2 Å². The second kappa shape index (κ2) is 7.97. The first-order valence-corrected chi connectivity index (χ1v) is 9.19. The number of benzene rings is 1. The van der Waals surface area contributed by atoms with Crippen LogP contribution in [0.2, 0.25) is 0 Å². The summed E-state index contributed by atoms with van der Waals surface area (Å²) in [5.41, 5.74) is 3.84. The Hall–Kier alpha value is -1.95. The molecule has 3 heterocycles. The third kappa shape index (κ3) is 3.59. The molecule has 1 aromatic heterocycles. The van der Waals surface area contributed by atoms with Crippen LogP contribution in [0, 0.1) is 18.8 Å². The summed E-state index contributed by atoms with van der Waals surface area (Å²) in [5, 5.41) is 9.30. The summed E-state index contributed by atoms with van der Waals surface area (Å²) < 4.78 is 0. The Kier molecular flexibility index (Phi) is 5.84. The minimum Gasteiger partial charge on any atom is -0.392 e. The molecule has 2 aliphatic rings. The largest absolute Gasteiger partial charge is 0.392 e. The highest BCUT2D eigenvalue weighted by molar-refractivity contribution is 5.92. The molecule has 0 aliphatic carbocycles. The topological polar surface area (TPSA) is 56.7 Å². The van der Waals surface area contributed by atoms with E-state index in [1.54, 1.807) is 18.3 Å². The number of carbonyl (C=O) groups is 1. The standard InChI is InChI=1S/C21H25N3O2.ClH/c1-14-5-3-4-6-17(14)20-18-12-24(11-16(18)10-23(20)2)21(26)19-9-15(13-25)7-8-22-19;/h3-9,16,18,20,25H,10-13H2,1-2H3;1H/t16-,18+,20+;/m0./s1. The van der Waals surface area contributed by atoms with E-state index in [1.807, 2.05) is 4.90 Å². The lowest BCUT2D eigenvalue weighted by molar-refractivity contribution is 0.0762. The highest BCUT2D eigenvalue weighted by Crippen LogP contribution is 2.45. The number of halogens is 1. The SMILES string of the molecule is Cc1ccccc1[C@@H]1[C@@H]2CN(C(=O)c3cc(CO)ccn3)C[C@@H]2CN1C.Cl. The van der Waals surface area contributed by atoms with Gasteiger partial charge in [0.2, 0.25) is 0 Å². The lowest BCUT2D eigenvalue weighted by Gasteiger charge is -2.28. The summed E-state index contributed by atoms with van der Waals surface area (Å²) in [7, 11) is 2.19. The summed E-state index contributed by atoms with van der Waals surface area (Å²) in [4.78, 5) is 21.5. The Balaban J connectivity index is 0.00000210. The number of aliphatic hydroxyl groups excluding tert-OH is 1. The van der Waals surface area contributed by atoms with Crippen LogP contribution in [-0.2, 0) is 6.61 Å². The Bertz CT molecular complexity index is 829. The predicted octanol–water partition coefficient (Wildman–Crippen LogP) is 2.68. The Labute approximate surface area is 166 Å². The number of pyridine rings is 1. The van der Waals surface area contributed by atoms with E-state index in [2.05, 4.69) is 48.1 Å². The molecule has 0 spiro atoms. The van der Waals surface area contributed by atoms with Crippen LogP contribution < -0.4 is 0 Å². The molecule has 0 saturated carbocycles. The lowest BCUT2D eigenvalue weighted by Crippen LogP contribution is -2.34. The van der Waals surface area contributed by atoms with E-state index in [9.17, 15) is 9.90 Å². The highest BCUT2D eigenvalue weighted by Gasteiger charge is 2.47. The summed E-state index contributed by atoms with van der Waals surface area (Å²) in [6, 6.07) is 12.4. The maximum Gasteiger partial charge on any atom is 0.272 e. The Morgan fingerprint density at radius 2 is 2.00 bits per heavy atom. The molecule has 0 unspecified atom stereocenters. The third-order valence-electron chi connectivity index (χ3n) is 5.91. The Morgan fingerprint density at radius 1 is 1.22 bits per heavy atom. The molecular formula is C21H26ClN3O2. The first-order chi connectivity index (χ1) is 12.6. The average molecular weight is 388 g/mol. The van der Waals surface area contributed by atoms with Crippen molar-refractivity contribution >= 4 is 18.3 Å². The third-order valence-corrected chi connectivity index (χ3v) is 5.91. The van der Waals surface area contributed by atoms with Gasteiger partial charge >= 0.3 is 0 Å². The number of aromatic nitrogens is 1. The number of hydrogen-bond donors (Lipinski definition) is 1. The fourth-order valence-electron chi connectivity index (χ4n) is 4.66. The van der Waals surface area contributed by atoms with Crippen molar-refractivity contribution in [2.24, 2.45) is 11.8 Å². The second-order valence-corrected chi connectivity index (χ2v) is 7.58. The zero-order chi connectivity index (χ0) is 18.3. The van der Waals surface area contributed by atoms with Crippen molar-refractivity contribution in [1.82, 2.24) is 14.8 Å². The summed E-state index contributed by atoms with van der Waals surface area (Å²) in [5.74, 6) is 0.918. The molecule has 3 atom stereocenters. The number of nitrogens with zero attached hydrogens (tertiary/aromatic N) is 3. The first kappa shape index (κ1) is 19.8. The summed E-state index contributed by atoms with van der Waals surface area (Å²) in [6.45, 7) is 4.64. The van der Waals surface area contributed by atoms with Gasteiger partial charge in [0.05, 0.1) is 6.61 Å². The molecule has 2 saturated heterocycles. The maximum absolute atomic E-state index is 12.9. The quantitative estimate of drug-likeness (QED) is 0.879. The van der Waals surface area contributed by atoms with Crippen molar-refractivity contribution in [2.75, 3.05) is 26.7 Å². The average Bonchev–Trinajstić information content (AvgIpc) is 3.18. The molecule has 0 radical (unpaired) electrons. The fourth-order valence-corrected chi connectivity index (χ4v) is 4.66. The van der Waals surface area contributed by atoms with Gasteiger partial charge in [-0.3, -0.25) is 14.7 Å². The first-order valence-electron chi connectivity index (χ1n) is 9.19. The van der Waals surface area contributed by atoms with Crippen molar-refractivity contribution in [2.45, 2.75) is 19.6 Å². The molecule has 2 aromatic rings. The number of carbonyl (C=O) groups excluding carboxylic acids is 1. The van der Waals surface area contributed by atoms with Crippen LogP contribution in [0.25, 0.3) is 0 Å². The monoisotopic (exact) mass is 387 g/mol. The van der Waals surface area contributed by atoms with Gasteiger partial charge in [-0.15, -0.1) is 12.4 Å². The van der Waals surface area contributed by atoms with Gasteiger partial charge in [-0.2, -0.15) is 0 Å². The molecule has 2 aliphatic heterocycles. The molecule has 1 N–H and O–H groups in total. The van der Waals surface area contributed by atoms with Gasteiger partial charge in [0, 0.05) is 37.8 Å². The molecule has 1 aromatic carbocycles. The predicted molar refractivity (Wildman–Crippen MR) is 107 cm³/mol. The summed E-state index contributed by atoms with van der Waals surface area (Å²) >= 11 is 0. The van der Waals surface area contributed by atoms with Gasteiger partial charge in [-0.25, -0.2) is 0 Å². The van der Waals surface area contributed by atoms with E-state index < -0.39 is 0 Å². The molecule has 4 rings (SSSR count). The van der Waals surface area contributed by atoms with Crippen molar-refractivity contribution in [3.8, 4) is 0 Å². The van der Waals surface area contributed by atoms with E-state index in [0.717, 1.165) is 25.2 Å². The van der Waals surface area contributed by atoms with Crippen molar-refractivity contribution in [3.05, 3.63) is 65.0 Å². The normalized spacial score (nSPS) is 24.6. The van der Waals surface area contributed by atoms with Crippen LogP contribution in [-0.4, -0.2) is 52.5 Å². The lowest BCUT2D eigenvalue weighted by atomic mass is 9.88. The number of amides is 1. The molecule has 0 bridgehead atoms. The smallest absolute Gasteiger partial charge is 0.272 e. The minimum atomic E-state index is -0.0752. The van der Waals surface area contributed by atoms with Crippen molar-refractivity contribution in [3.63, 3.8) is 0 Å². The summed E-state index contributed by atoms with van der Waals surface area (Å²) in [6.07, 6.45) is 1.60. The van der Waals surface area contributed by atoms with Crippen LogP contribution in [0.4, 0.5) is 0 Å². The molecule has 5 nitrogen and oxygen atoms in total. The maximum atomic E-state index is 12.9. The van der Waals surface area contributed by atoms with E-state index in [1.165, 1.54) is 11.1 Å². The van der Waals surface area contributed by atoms with Gasteiger partial charge in [-0.1, -0.05) is 24.3 Å². The fraction of sp³-hybridized carbons (Fsp3) is 0.429. The second-order valence-electron chi connectivity index (χ2n) is 7.58. The minimum absolute atomic E-state index is 0. The zero-order valence-electron chi connectivity index (χ0n) is 15.7. The van der Waals surface area contributed by atoms with Gasteiger partial charge in [0.25, 0.3) is 5.91 Å². The molecule has 27 heavy (non-hydrogen) atoms. The molecular weight excluding hydrogens is 362 g/mol. The van der Waals surface area contributed by atoms with E-state index >= 15 is 0 Å². The Morgan fingerprint density at radius 3 is 2.74 bits per heavy atom. The van der Waals surface area contributed by atoms with Crippen LogP contribution >= 0.6 is 12.4 Å². The number of hydrogen-bond acceptors (Lipinski definition) is 4.